The molecule has 0 aliphatic rings. The summed E-state index contributed by atoms with van der Waals surface area (Å²) in [5.41, 5.74) is -0.727. The summed E-state index contributed by atoms with van der Waals surface area (Å²) in [6.07, 6.45) is 0.996. The van der Waals surface area contributed by atoms with E-state index in [0.717, 1.165) is 24.0 Å². The highest BCUT2D eigenvalue weighted by Crippen LogP contribution is 2.35. The molecule has 9 heteroatoms. The highest BCUT2D eigenvalue weighted by atomic mass is 32.2. The Balaban J connectivity index is 2.16. The van der Waals surface area contributed by atoms with E-state index in [1.807, 2.05) is 0 Å². The molecule has 0 radical (unpaired) electrons. The Labute approximate surface area is 141 Å². The summed E-state index contributed by atoms with van der Waals surface area (Å²) in [5, 5.41) is 11.3. The van der Waals surface area contributed by atoms with Gasteiger partial charge < -0.3 is 8.60 Å². The number of aryl methyl sites for hydroxylation is 1. The number of nitro benzene ring substituents is 1. The molecule has 0 aliphatic carbocycles. The van der Waals surface area contributed by atoms with Gasteiger partial charge in [-0.05, 0) is 31.2 Å². The van der Waals surface area contributed by atoms with E-state index in [0.29, 0.717) is 0 Å². The number of fused-ring (bicyclic) bond motifs is 1. The van der Waals surface area contributed by atoms with E-state index < -0.39 is 31.9 Å². The van der Waals surface area contributed by atoms with E-state index in [1.54, 1.807) is 19.1 Å². The van der Waals surface area contributed by atoms with E-state index in [1.165, 1.54) is 18.2 Å². The maximum Gasteiger partial charge on any atom is 0.355 e. The average molecular weight is 361 g/mol. The molecule has 2 aromatic carbocycles. The molecule has 1 aromatic heterocycles. The summed E-state index contributed by atoms with van der Waals surface area (Å²) in [6, 6.07) is 9.19. The first-order valence-electron chi connectivity index (χ1n) is 7.00. The van der Waals surface area contributed by atoms with Crippen LogP contribution < -0.4 is 9.61 Å². The normalized spacial score (nSPS) is 11.4. The van der Waals surface area contributed by atoms with Crippen LogP contribution in [-0.4, -0.2) is 13.3 Å². The Hall–Kier alpha value is -3.20. The molecular weight excluding hydrogens is 350 g/mol. The van der Waals surface area contributed by atoms with Gasteiger partial charge in [0, 0.05) is 6.07 Å². The molecule has 1 heterocycles. The molecule has 0 aliphatic heterocycles. The molecule has 3 rings (SSSR count). The molecule has 3 aromatic rings. The Morgan fingerprint density at radius 1 is 1.08 bits per heavy atom. The predicted molar refractivity (Wildman–Crippen MR) is 88.1 cm³/mol. The van der Waals surface area contributed by atoms with Crippen LogP contribution in [0.2, 0.25) is 0 Å². The van der Waals surface area contributed by atoms with Gasteiger partial charge in [-0.2, -0.15) is 8.42 Å². The van der Waals surface area contributed by atoms with Crippen molar-refractivity contribution in [2.24, 2.45) is 0 Å². The zero-order valence-electron chi connectivity index (χ0n) is 12.8. The molecule has 0 saturated heterocycles. The van der Waals surface area contributed by atoms with Crippen LogP contribution in [0.3, 0.4) is 0 Å². The molecule has 0 bridgehead atoms. The first-order chi connectivity index (χ1) is 11.8. The number of hydrogen-bond acceptors (Lipinski definition) is 7. The van der Waals surface area contributed by atoms with Gasteiger partial charge in [0.05, 0.1) is 16.6 Å². The maximum absolute atomic E-state index is 12.4. The van der Waals surface area contributed by atoms with Crippen molar-refractivity contribution in [3.63, 3.8) is 0 Å². The molecule has 0 fully saturated rings. The monoisotopic (exact) mass is 361 g/mol. The summed E-state index contributed by atoms with van der Waals surface area (Å²) < 4.78 is 34.7. The zero-order chi connectivity index (χ0) is 18.2. The Morgan fingerprint density at radius 3 is 2.40 bits per heavy atom. The van der Waals surface area contributed by atoms with Crippen LogP contribution in [-0.2, 0) is 10.1 Å². The fourth-order valence-corrected chi connectivity index (χ4v) is 3.17. The second kappa shape index (κ2) is 6.02. The third-order valence-corrected chi connectivity index (χ3v) is 4.71. The highest BCUT2D eigenvalue weighted by molar-refractivity contribution is 7.87. The van der Waals surface area contributed by atoms with Crippen molar-refractivity contribution in [3.05, 3.63) is 74.6 Å². The molecule has 8 nitrogen and oxygen atoms in total. The Morgan fingerprint density at radius 2 is 1.76 bits per heavy atom. The van der Waals surface area contributed by atoms with Gasteiger partial charge in [0.1, 0.15) is 4.90 Å². The van der Waals surface area contributed by atoms with Crippen LogP contribution in [0.25, 0.3) is 11.0 Å². The summed E-state index contributed by atoms with van der Waals surface area (Å²) in [5.74, 6) is -0.535. The van der Waals surface area contributed by atoms with Crippen molar-refractivity contribution < 1.29 is 21.9 Å². The third kappa shape index (κ3) is 3.09. The number of nitro groups is 1. The first-order valence-corrected chi connectivity index (χ1v) is 8.40. The minimum Gasteiger partial charge on any atom is -0.457 e. The van der Waals surface area contributed by atoms with Crippen LogP contribution in [0.15, 0.2) is 62.8 Å². The van der Waals surface area contributed by atoms with Gasteiger partial charge >= 0.3 is 15.8 Å². The van der Waals surface area contributed by atoms with Gasteiger partial charge in [0.2, 0.25) is 11.3 Å². The quantitative estimate of drug-likeness (QED) is 0.398. The van der Waals surface area contributed by atoms with Crippen molar-refractivity contribution in [1.29, 1.82) is 0 Å². The second-order valence-corrected chi connectivity index (χ2v) is 6.73. The minimum absolute atomic E-state index is 0.0470. The van der Waals surface area contributed by atoms with Gasteiger partial charge in [-0.25, -0.2) is 0 Å². The fraction of sp³-hybridized carbons (Fsp3) is 0.0625. The number of rotatable bonds is 4. The van der Waals surface area contributed by atoms with E-state index in [4.69, 9.17) is 8.60 Å². The number of benzene rings is 2. The summed E-state index contributed by atoms with van der Waals surface area (Å²) in [7, 11) is -4.29. The molecule has 0 saturated carbocycles. The van der Waals surface area contributed by atoms with Gasteiger partial charge in [-0.3, -0.25) is 14.9 Å². The summed E-state index contributed by atoms with van der Waals surface area (Å²) in [6.45, 7) is 1.79. The van der Waals surface area contributed by atoms with Gasteiger partial charge in [0.15, 0.2) is 5.43 Å². The van der Waals surface area contributed by atoms with E-state index in [-0.39, 0.29) is 15.9 Å². The molecule has 25 heavy (non-hydrogen) atoms. The van der Waals surface area contributed by atoms with Crippen LogP contribution in [0, 0.1) is 17.0 Å². The van der Waals surface area contributed by atoms with Crippen molar-refractivity contribution in [2.75, 3.05) is 0 Å². The van der Waals surface area contributed by atoms with Crippen LogP contribution in [0.4, 0.5) is 5.69 Å². The lowest BCUT2D eigenvalue weighted by molar-refractivity contribution is -0.384. The average Bonchev–Trinajstić information content (AvgIpc) is 2.54. The Kier molecular flexibility index (Phi) is 4.01. The molecule has 0 spiro atoms. The van der Waals surface area contributed by atoms with Crippen LogP contribution in [0.1, 0.15) is 5.56 Å². The minimum atomic E-state index is -4.29. The molecular formula is C16H11NO7S. The lowest BCUT2D eigenvalue weighted by Crippen LogP contribution is -2.11. The fourth-order valence-electron chi connectivity index (χ4n) is 2.23. The lowest BCUT2D eigenvalue weighted by atomic mass is 10.2. The van der Waals surface area contributed by atoms with Crippen LogP contribution >= 0.6 is 0 Å². The zero-order valence-corrected chi connectivity index (χ0v) is 13.6. The molecule has 0 N–H and O–H groups in total. The van der Waals surface area contributed by atoms with Crippen molar-refractivity contribution >= 4 is 26.8 Å². The number of nitrogens with zero attached hydrogens (tertiary/aromatic N) is 1. The van der Waals surface area contributed by atoms with Gasteiger partial charge in [-0.15, -0.1) is 0 Å². The molecule has 128 valence electrons. The SMILES string of the molecule is Cc1ccc(S(=O)(=O)Oc2ccc3c(=O)ccoc3c2[N+](=O)[O-])cc1. The smallest absolute Gasteiger partial charge is 0.355 e. The topological polar surface area (TPSA) is 117 Å². The number of hydrogen-bond donors (Lipinski definition) is 0. The molecule has 0 amide bonds. The lowest BCUT2D eigenvalue weighted by Gasteiger charge is -2.08. The first kappa shape index (κ1) is 16.7. The molecule has 0 unspecified atom stereocenters. The summed E-state index contributed by atoms with van der Waals surface area (Å²) >= 11 is 0. The van der Waals surface area contributed by atoms with E-state index >= 15 is 0 Å². The van der Waals surface area contributed by atoms with Gasteiger partial charge in [-0.1, -0.05) is 17.7 Å². The second-order valence-electron chi connectivity index (χ2n) is 5.18. The highest BCUT2D eigenvalue weighted by Gasteiger charge is 2.28. The standard InChI is InChI=1S/C16H11NO7S/c1-10-2-4-11(5-3-10)25(21,22)24-14-7-6-12-13(18)8-9-23-16(12)15(14)17(19)20/h2-9H,1H3. The Bertz CT molecular complexity index is 1130. The van der Waals surface area contributed by atoms with Gasteiger partial charge in [0.25, 0.3) is 0 Å². The van der Waals surface area contributed by atoms with Crippen molar-refractivity contribution in [2.45, 2.75) is 11.8 Å². The predicted octanol–water partition coefficient (Wildman–Crippen LogP) is 2.78. The summed E-state index contributed by atoms with van der Waals surface area (Å²) in [4.78, 5) is 22.1. The van der Waals surface area contributed by atoms with Crippen molar-refractivity contribution in [3.8, 4) is 5.75 Å². The van der Waals surface area contributed by atoms with E-state index in [2.05, 4.69) is 0 Å². The largest absolute Gasteiger partial charge is 0.457 e. The molecule has 0 atom stereocenters. The van der Waals surface area contributed by atoms with E-state index in [9.17, 15) is 23.3 Å². The maximum atomic E-state index is 12.4. The van der Waals surface area contributed by atoms with Crippen molar-refractivity contribution in [1.82, 2.24) is 0 Å². The van der Waals surface area contributed by atoms with Crippen LogP contribution in [0.5, 0.6) is 5.75 Å². The third-order valence-electron chi connectivity index (χ3n) is 3.46.